The fourth-order valence-electron chi connectivity index (χ4n) is 1.54. The van der Waals surface area contributed by atoms with Crippen LogP contribution in [-0.2, 0) is 0 Å². The minimum Gasteiger partial charge on any atom is -0.452 e. The molecule has 0 aliphatic rings. The smallest absolute Gasteiger partial charge is 0.175 e. The summed E-state index contributed by atoms with van der Waals surface area (Å²) < 4.78 is 5.64. The van der Waals surface area contributed by atoms with Crippen LogP contribution in [0.1, 0.15) is 23.9 Å². The molecule has 0 radical (unpaired) electrons. The standard InChI is InChI=1S/C12H12N2O/c1-4-6-9-10(5-2)15-12-8(3)13-7-14-11(9)12/h4-7H,2H2,1,3H3/b6-4-. The summed E-state index contributed by atoms with van der Waals surface area (Å²) in [6, 6.07) is 0. The molecule has 0 saturated heterocycles. The van der Waals surface area contributed by atoms with Crippen molar-refractivity contribution in [3.8, 4) is 0 Å². The average Bonchev–Trinajstić information content (AvgIpc) is 2.59. The van der Waals surface area contributed by atoms with Crippen LogP contribution in [0.5, 0.6) is 0 Å². The van der Waals surface area contributed by atoms with Gasteiger partial charge in [0.1, 0.15) is 17.6 Å². The van der Waals surface area contributed by atoms with Crippen LogP contribution in [0, 0.1) is 6.92 Å². The van der Waals surface area contributed by atoms with Crippen molar-refractivity contribution in [1.29, 1.82) is 0 Å². The Labute approximate surface area is 88.2 Å². The van der Waals surface area contributed by atoms with E-state index in [-0.39, 0.29) is 0 Å². The van der Waals surface area contributed by atoms with Crippen LogP contribution in [-0.4, -0.2) is 9.97 Å². The van der Waals surface area contributed by atoms with Gasteiger partial charge in [-0.25, -0.2) is 9.97 Å². The number of fused-ring (bicyclic) bond motifs is 1. The Morgan fingerprint density at radius 2 is 2.20 bits per heavy atom. The molecule has 0 aromatic carbocycles. The minimum absolute atomic E-state index is 0.737. The highest BCUT2D eigenvalue weighted by Gasteiger charge is 2.12. The molecule has 15 heavy (non-hydrogen) atoms. The molecule has 76 valence electrons. The first-order valence-electron chi connectivity index (χ1n) is 4.77. The van der Waals surface area contributed by atoms with Gasteiger partial charge in [0, 0.05) is 5.56 Å². The summed E-state index contributed by atoms with van der Waals surface area (Å²) >= 11 is 0. The minimum atomic E-state index is 0.737. The average molecular weight is 200 g/mol. The Morgan fingerprint density at radius 3 is 2.87 bits per heavy atom. The number of nitrogens with zero attached hydrogens (tertiary/aromatic N) is 2. The van der Waals surface area contributed by atoms with E-state index in [9.17, 15) is 0 Å². The molecule has 0 bridgehead atoms. The molecular formula is C12H12N2O. The van der Waals surface area contributed by atoms with Crippen molar-refractivity contribution in [2.75, 3.05) is 0 Å². The van der Waals surface area contributed by atoms with Crippen LogP contribution >= 0.6 is 0 Å². The van der Waals surface area contributed by atoms with E-state index < -0.39 is 0 Å². The van der Waals surface area contributed by atoms with Gasteiger partial charge in [0.25, 0.3) is 0 Å². The maximum Gasteiger partial charge on any atom is 0.175 e. The fourth-order valence-corrected chi connectivity index (χ4v) is 1.54. The molecule has 0 spiro atoms. The molecule has 3 nitrogen and oxygen atoms in total. The molecule has 2 aromatic rings. The van der Waals surface area contributed by atoms with Crippen molar-refractivity contribution in [3.05, 3.63) is 36.0 Å². The first-order valence-corrected chi connectivity index (χ1v) is 4.77. The quantitative estimate of drug-likeness (QED) is 0.747. The third kappa shape index (κ3) is 1.46. The predicted octanol–water partition coefficient (Wildman–Crippen LogP) is 3.21. The van der Waals surface area contributed by atoms with Gasteiger partial charge in [-0.1, -0.05) is 18.7 Å². The molecule has 2 aromatic heterocycles. The van der Waals surface area contributed by atoms with Crippen LogP contribution < -0.4 is 0 Å². The Hall–Kier alpha value is -1.90. The molecule has 3 heteroatoms. The maximum atomic E-state index is 5.64. The third-order valence-corrected chi connectivity index (χ3v) is 2.23. The molecule has 0 unspecified atom stereocenters. The Kier molecular flexibility index (Phi) is 2.37. The van der Waals surface area contributed by atoms with Crippen molar-refractivity contribution in [3.63, 3.8) is 0 Å². The van der Waals surface area contributed by atoms with Gasteiger partial charge in [-0.05, 0) is 19.9 Å². The second-order valence-corrected chi connectivity index (χ2v) is 3.22. The molecule has 0 atom stereocenters. The summed E-state index contributed by atoms with van der Waals surface area (Å²) in [5.74, 6) is 0.742. The van der Waals surface area contributed by atoms with Gasteiger partial charge < -0.3 is 4.42 Å². The van der Waals surface area contributed by atoms with Gasteiger partial charge >= 0.3 is 0 Å². The van der Waals surface area contributed by atoms with Gasteiger partial charge in [-0.2, -0.15) is 0 Å². The largest absolute Gasteiger partial charge is 0.452 e. The van der Waals surface area contributed by atoms with Crippen molar-refractivity contribution in [2.45, 2.75) is 13.8 Å². The van der Waals surface area contributed by atoms with Gasteiger partial charge in [-0.3, -0.25) is 0 Å². The van der Waals surface area contributed by atoms with E-state index in [1.54, 1.807) is 12.4 Å². The zero-order valence-electron chi connectivity index (χ0n) is 8.82. The van der Waals surface area contributed by atoms with E-state index in [0.29, 0.717) is 0 Å². The normalized spacial score (nSPS) is 11.3. The molecule has 2 heterocycles. The van der Waals surface area contributed by atoms with Crippen LogP contribution in [0.2, 0.25) is 0 Å². The summed E-state index contributed by atoms with van der Waals surface area (Å²) in [4.78, 5) is 8.32. The van der Waals surface area contributed by atoms with E-state index in [1.807, 2.05) is 26.0 Å². The van der Waals surface area contributed by atoms with E-state index in [1.165, 1.54) is 0 Å². The Bertz CT molecular complexity index is 538. The zero-order valence-corrected chi connectivity index (χ0v) is 8.82. The SMILES string of the molecule is C=Cc1oc2c(C)ncnc2c1/C=C\C. The van der Waals surface area contributed by atoms with E-state index >= 15 is 0 Å². The van der Waals surface area contributed by atoms with Crippen molar-refractivity contribution in [2.24, 2.45) is 0 Å². The number of allylic oxidation sites excluding steroid dienone is 1. The number of hydrogen-bond acceptors (Lipinski definition) is 3. The molecule has 0 aliphatic carbocycles. The lowest BCUT2D eigenvalue weighted by Crippen LogP contribution is -1.84. The summed E-state index contributed by atoms with van der Waals surface area (Å²) in [5, 5.41) is 0. The highest BCUT2D eigenvalue weighted by atomic mass is 16.3. The summed E-state index contributed by atoms with van der Waals surface area (Å²) in [6.07, 6.45) is 7.16. The molecule has 0 amide bonds. The molecular weight excluding hydrogens is 188 g/mol. The summed E-state index contributed by atoms with van der Waals surface area (Å²) in [5.41, 5.74) is 3.39. The van der Waals surface area contributed by atoms with Crippen LogP contribution in [0.15, 0.2) is 23.4 Å². The van der Waals surface area contributed by atoms with Gasteiger partial charge in [0.05, 0.1) is 5.69 Å². The van der Waals surface area contributed by atoms with E-state index in [4.69, 9.17) is 4.42 Å². The first kappa shape index (κ1) is 9.65. The molecule has 0 saturated carbocycles. The third-order valence-electron chi connectivity index (χ3n) is 2.23. The number of aryl methyl sites for hydroxylation is 1. The lowest BCUT2D eigenvalue weighted by molar-refractivity contribution is 0.598. The monoisotopic (exact) mass is 200 g/mol. The second kappa shape index (κ2) is 3.69. The first-order chi connectivity index (χ1) is 7.27. The molecule has 0 aliphatic heterocycles. The topological polar surface area (TPSA) is 38.9 Å². The van der Waals surface area contributed by atoms with Gasteiger partial charge in [0.2, 0.25) is 0 Å². The van der Waals surface area contributed by atoms with Crippen LogP contribution in [0.3, 0.4) is 0 Å². The van der Waals surface area contributed by atoms with E-state index in [0.717, 1.165) is 28.1 Å². The summed E-state index contributed by atoms with van der Waals surface area (Å²) in [6.45, 7) is 7.58. The highest BCUT2D eigenvalue weighted by molar-refractivity contribution is 5.88. The number of rotatable bonds is 2. The second-order valence-electron chi connectivity index (χ2n) is 3.22. The zero-order chi connectivity index (χ0) is 10.8. The fraction of sp³-hybridized carbons (Fsp3) is 0.167. The van der Waals surface area contributed by atoms with Crippen LogP contribution in [0.25, 0.3) is 23.3 Å². The molecule has 0 N–H and O–H groups in total. The highest BCUT2D eigenvalue weighted by Crippen LogP contribution is 2.27. The Balaban J connectivity index is 2.85. The van der Waals surface area contributed by atoms with Crippen molar-refractivity contribution >= 4 is 23.3 Å². The predicted molar refractivity (Wildman–Crippen MR) is 61.3 cm³/mol. The molecule has 0 fully saturated rings. The maximum absolute atomic E-state index is 5.64. The van der Waals surface area contributed by atoms with E-state index in [2.05, 4.69) is 16.5 Å². The lowest BCUT2D eigenvalue weighted by Gasteiger charge is -1.91. The number of hydrogen-bond donors (Lipinski definition) is 0. The number of furan rings is 1. The number of aromatic nitrogens is 2. The molecule has 2 rings (SSSR count). The summed E-state index contributed by atoms with van der Waals surface area (Å²) in [7, 11) is 0. The van der Waals surface area contributed by atoms with Crippen molar-refractivity contribution < 1.29 is 4.42 Å². The van der Waals surface area contributed by atoms with Gasteiger partial charge in [0.15, 0.2) is 5.58 Å². The van der Waals surface area contributed by atoms with Crippen molar-refractivity contribution in [1.82, 2.24) is 9.97 Å². The Morgan fingerprint density at radius 1 is 1.40 bits per heavy atom. The van der Waals surface area contributed by atoms with Crippen LogP contribution in [0.4, 0.5) is 0 Å². The lowest BCUT2D eigenvalue weighted by atomic mass is 10.2. The van der Waals surface area contributed by atoms with Gasteiger partial charge in [-0.15, -0.1) is 0 Å².